The van der Waals surface area contributed by atoms with Crippen molar-refractivity contribution < 1.29 is 4.79 Å². The molecule has 1 aromatic rings. The van der Waals surface area contributed by atoms with E-state index < -0.39 is 0 Å². The van der Waals surface area contributed by atoms with Crippen LogP contribution in [0, 0.1) is 11.8 Å². The van der Waals surface area contributed by atoms with Gasteiger partial charge in [-0.15, -0.1) is 0 Å². The van der Waals surface area contributed by atoms with E-state index >= 15 is 0 Å². The Morgan fingerprint density at radius 1 is 1.40 bits per heavy atom. The Morgan fingerprint density at radius 3 is 2.50 bits per heavy atom. The Hall–Kier alpha value is -0.680. The van der Waals surface area contributed by atoms with Gasteiger partial charge >= 0.3 is 0 Å². The van der Waals surface area contributed by atoms with E-state index in [1.54, 1.807) is 0 Å². The van der Waals surface area contributed by atoms with Crippen LogP contribution in [0.3, 0.4) is 0 Å². The van der Waals surface area contributed by atoms with Crippen molar-refractivity contribution >= 4 is 21.7 Å². The van der Waals surface area contributed by atoms with E-state index in [2.05, 4.69) is 41.8 Å². The highest BCUT2D eigenvalue weighted by Crippen LogP contribution is 2.24. The first-order valence-electron chi connectivity index (χ1n) is 7.41. The number of hydrogen-bond donors (Lipinski definition) is 1. The maximum absolute atomic E-state index is 12.5. The molecule has 0 saturated heterocycles. The molecule has 20 heavy (non-hydrogen) atoms. The molecular weight excluding hydrogens is 318 g/mol. The summed E-state index contributed by atoms with van der Waals surface area (Å²) in [5.74, 6) is 0.657. The van der Waals surface area contributed by atoms with Gasteiger partial charge in [0.25, 0.3) is 0 Å². The molecule has 4 nitrogen and oxygen atoms in total. The molecule has 1 aromatic heterocycles. The summed E-state index contributed by atoms with van der Waals surface area (Å²) in [6.07, 6.45) is 2.13. The third-order valence-corrected chi connectivity index (χ3v) is 4.45. The minimum atomic E-state index is -0.0489. The summed E-state index contributed by atoms with van der Waals surface area (Å²) >= 11 is 3.59. The number of aryl methyl sites for hydroxylation is 2. The summed E-state index contributed by atoms with van der Waals surface area (Å²) in [5.41, 5.74) is 7.76. The number of hydrogen-bond acceptors (Lipinski definition) is 3. The molecule has 0 fully saturated rings. The van der Waals surface area contributed by atoms with Crippen molar-refractivity contribution in [1.29, 1.82) is 0 Å². The highest BCUT2D eigenvalue weighted by Gasteiger charge is 2.22. The van der Waals surface area contributed by atoms with Crippen molar-refractivity contribution in [3.05, 3.63) is 15.9 Å². The number of halogens is 1. The number of carbonyl (C=O) groups excluding carboxylic acids is 1. The SMILES string of the molecule is CCc1nn(CC)c(CC(=O)C(CN)CC(C)C)c1Br. The van der Waals surface area contributed by atoms with Gasteiger partial charge in [0.1, 0.15) is 5.78 Å². The third-order valence-electron chi connectivity index (χ3n) is 3.53. The van der Waals surface area contributed by atoms with Crippen LogP contribution in [0.15, 0.2) is 4.47 Å². The Kier molecular flexibility index (Phi) is 6.89. The predicted molar refractivity (Wildman–Crippen MR) is 85.7 cm³/mol. The fourth-order valence-electron chi connectivity index (χ4n) is 2.42. The molecule has 2 N–H and O–H groups in total. The van der Waals surface area contributed by atoms with Gasteiger partial charge in [-0.1, -0.05) is 20.8 Å². The van der Waals surface area contributed by atoms with E-state index in [-0.39, 0.29) is 11.7 Å². The topological polar surface area (TPSA) is 60.9 Å². The first kappa shape index (κ1) is 17.4. The van der Waals surface area contributed by atoms with E-state index in [1.807, 2.05) is 11.6 Å². The van der Waals surface area contributed by atoms with Gasteiger partial charge < -0.3 is 5.73 Å². The van der Waals surface area contributed by atoms with Crippen LogP contribution in [0.4, 0.5) is 0 Å². The second kappa shape index (κ2) is 7.93. The molecule has 0 amide bonds. The normalized spacial score (nSPS) is 12.9. The van der Waals surface area contributed by atoms with Gasteiger partial charge in [0.05, 0.1) is 15.9 Å². The molecule has 1 unspecified atom stereocenters. The van der Waals surface area contributed by atoms with Crippen molar-refractivity contribution in [2.24, 2.45) is 17.6 Å². The summed E-state index contributed by atoms with van der Waals surface area (Å²) in [4.78, 5) is 12.5. The highest BCUT2D eigenvalue weighted by molar-refractivity contribution is 9.10. The fourth-order valence-corrected chi connectivity index (χ4v) is 3.13. The maximum atomic E-state index is 12.5. The molecular formula is C15H26BrN3O. The Labute approximate surface area is 130 Å². The zero-order valence-corrected chi connectivity index (χ0v) is 14.5. The molecule has 0 aromatic carbocycles. The van der Waals surface area contributed by atoms with E-state index in [9.17, 15) is 4.79 Å². The Balaban J connectivity index is 2.91. The van der Waals surface area contributed by atoms with Crippen LogP contribution in [0.5, 0.6) is 0 Å². The van der Waals surface area contributed by atoms with Crippen LogP contribution >= 0.6 is 15.9 Å². The van der Waals surface area contributed by atoms with E-state index in [0.29, 0.717) is 18.9 Å². The number of nitrogens with two attached hydrogens (primary N) is 1. The molecule has 0 bridgehead atoms. The van der Waals surface area contributed by atoms with Gasteiger partial charge in [0, 0.05) is 25.4 Å². The van der Waals surface area contributed by atoms with Gasteiger partial charge in [0.2, 0.25) is 0 Å². The molecule has 114 valence electrons. The predicted octanol–water partition coefficient (Wildman–Crippen LogP) is 2.96. The molecule has 0 radical (unpaired) electrons. The summed E-state index contributed by atoms with van der Waals surface area (Å²) in [7, 11) is 0. The number of rotatable bonds is 8. The van der Waals surface area contributed by atoms with E-state index in [4.69, 9.17) is 5.73 Å². The quantitative estimate of drug-likeness (QED) is 0.789. The largest absolute Gasteiger partial charge is 0.330 e. The summed E-state index contributed by atoms with van der Waals surface area (Å²) < 4.78 is 2.90. The monoisotopic (exact) mass is 343 g/mol. The van der Waals surface area contributed by atoms with Crippen LogP contribution in [-0.2, 0) is 24.2 Å². The van der Waals surface area contributed by atoms with Crippen LogP contribution < -0.4 is 5.73 Å². The minimum absolute atomic E-state index is 0.0489. The van der Waals surface area contributed by atoms with Gasteiger partial charge in [-0.05, 0) is 41.6 Å². The zero-order valence-electron chi connectivity index (χ0n) is 12.9. The molecule has 0 aliphatic carbocycles. The Morgan fingerprint density at radius 2 is 2.05 bits per heavy atom. The van der Waals surface area contributed by atoms with Crippen molar-refractivity contribution in [3.8, 4) is 0 Å². The smallest absolute Gasteiger partial charge is 0.143 e. The lowest BCUT2D eigenvalue weighted by atomic mass is 9.91. The summed E-state index contributed by atoms with van der Waals surface area (Å²) in [5, 5.41) is 4.53. The standard InChI is InChI=1S/C15H26BrN3O/c1-5-12-15(16)13(19(6-2)18-12)8-14(20)11(9-17)7-10(3)4/h10-11H,5-9,17H2,1-4H3. The van der Waals surface area contributed by atoms with Crippen molar-refractivity contribution in [3.63, 3.8) is 0 Å². The van der Waals surface area contributed by atoms with Crippen LogP contribution in [0.25, 0.3) is 0 Å². The average Bonchev–Trinajstić information content (AvgIpc) is 2.72. The van der Waals surface area contributed by atoms with E-state index in [0.717, 1.165) is 35.2 Å². The van der Waals surface area contributed by atoms with E-state index in [1.165, 1.54) is 0 Å². The molecule has 0 spiro atoms. The summed E-state index contributed by atoms with van der Waals surface area (Å²) in [6, 6.07) is 0. The Bertz CT molecular complexity index is 454. The second-order valence-corrected chi connectivity index (χ2v) is 6.37. The van der Waals surface area contributed by atoms with Crippen LogP contribution in [0.2, 0.25) is 0 Å². The lowest BCUT2D eigenvalue weighted by Gasteiger charge is -2.16. The van der Waals surface area contributed by atoms with Crippen LogP contribution in [-0.4, -0.2) is 22.1 Å². The number of aromatic nitrogens is 2. The second-order valence-electron chi connectivity index (χ2n) is 5.58. The minimum Gasteiger partial charge on any atom is -0.330 e. The zero-order chi connectivity index (χ0) is 15.3. The third kappa shape index (κ3) is 4.16. The number of nitrogens with zero attached hydrogens (tertiary/aromatic N) is 2. The number of ketones is 1. The average molecular weight is 344 g/mol. The van der Waals surface area contributed by atoms with Crippen molar-refractivity contribution in [2.45, 2.75) is 53.5 Å². The molecule has 1 rings (SSSR count). The molecule has 1 heterocycles. The van der Waals surface area contributed by atoms with Gasteiger partial charge in [-0.3, -0.25) is 9.48 Å². The fraction of sp³-hybridized carbons (Fsp3) is 0.733. The van der Waals surface area contributed by atoms with Crippen LogP contribution in [0.1, 0.15) is 45.5 Å². The van der Waals surface area contributed by atoms with Gasteiger partial charge in [-0.25, -0.2) is 0 Å². The first-order chi connectivity index (χ1) is 9.44. The molecule has 0 aliphatic heterocycles. The molecule has 1 atom stereocenters. The van der Waals surface area contributed by atoms with Crippen molar-refractivity contribution in [2.75, 3.05) is 6.54 Å². The number of carbonyl (C=O) groups is 1. The molecule has 5 heteroatoms. The lowest BCUT2D eigenvalue weighted by molar-refractivity contribution is -0.122. The maximum Gasteiger partial charge on any atom is 0.143 e. The van der Waals surface area contributed by atoms with Gasteiger partial charge in [-0.2, -0.15) is 5.10 Å². The van der Waals surface area contributed by atoms with Gasteiger partial charge in [0.15, 0.2) is 0 Å². The number of Topliss-reactive ketones (excluding diaryl/α,β-unsaturated/α-hetero) is 1. The molecule has 0 aliphatic rings. The summed E-state index contributed by atoms with van der Waals surface area (Å²) in [6.45, 7) is 9.56. The van der Waals surface area contributed by atoms with Crippen molar-refractivity contribution in [1.82, 2.24) is 9.78 Å². The lowest BCUT2D eigenvalue weighted by Crippen LogP contribution is -2.27. The molecule has 0 saturated carbocycles. The highest BCUT2D eigenvalue weighted by atomic mass is 79.9. The first-order valence-corrected chi connectivity index (χ1v) is 8.20.